The minimum atomic E-state index is 0.0406. The highest BCUT2D eigenvalue weighted by Gasteiger charge is 2.25. The fourth-order valence-electron chi connectivity index (χ4n) is 2.88. The summed E-state index contributed by atoms with van der Waals surface area (Å²) in [7, 11) is 0. The van der Waals surface area contributed by atoms with E-state index in [9.17, 15) is 9.59 Å². The first kappa shape index (κ1) is 19.1. The van der Waals surface area contributed by atoms with Gasteiger partial charge in [-0.1, -0.05) is 23.9 Å². The van der Waals surface area contributed by atoms with Crippen molar-refractivity contribution >= 4 is 46.2 Å². The van der Waals surface area contributed by atoms with E-state index in [0.29, 0.717) is 37.9 Å². The molecule has 0 spiro atoms. The lowest BCUT2D eigenvalue weighted by Crippen LogP contribution is -2.51. The van der Waals surface area contributed by atoms with E-state index in [4.69, 9.17) is 0 Å². The first-order chi connectivity index (χ1) is 13.7. The smallest absolute Gasteiger partial charge is 0.264 e. The molecule has 28 heavy (non-hydrogen) atoms. The lowest BCUT2D eigenvalue weighted by molar-refractivity contribution is -0.129. The molecule has 8 nitrogen and oxygen atoms in total. The van der Waals surface area contributed by atoms with Crippen LogP contribution in [0.1, 0.15) is 14.5 Å². The first-order valence-corrected chi connectivity index (χ1v) is 11.5. The zero-order chi connectivity index (χ0) is 19.3. The highest BCUT2D eigenvalue weighted by atomic mass is 32.2. The standard InChI is InChI=1S/C17H18N6O2S3/c24-15(12-28-17-18-19-20-23(17)11-13-3-1-9-26-13)21-5-7-22(8-6-21)16(25)14-4-2-10-27-14/h1-4,9-10H,5-8,11-12H2. The van der Waals surface area contributed by atoms with Gasteiger partial charge in [0, 0.05) is 31.1 Å². The second-order valence-corrected chi connectivity index (χ2v) is 9.06. The Labute approximate surface area is 174 Å². The van der Waals surface area contributed by atoms with Crippen LogP contribution in [0.3, 0.4) is 0 Å². The van der Waals surface area contributed by atoms with Gasteiger partial charge in [-0.05, 0) is 33.3 Å². The number of carbonyl (C=O) groups excluding carboxylic acids is 2. The van der Waals surface area contributed by atoms with Crippen LogP contribution in [0.4, 0.5) is 0 Å². The highest BCUT2D eigenvalue weighted by molar-refractivity contribution is 7.99. The summed E-state index contributed by atoms with van der Waals surface area (Å²) >= 11 is 4.44. The summed E-state index contributed by atoms with van der Waals surface area (Å²) in [4.78, 5) is 30.5. The molecule has 0 N–H and O–H groups in total. The molecule has 11 heteroatoms. The van der Waals surface area contributed by atoms with Crippen LogP contribution in [0.5, 0.6) is 0 Å². The number of tetrazole rings is 1. The maximum absolute atomic E-state index is 12.6. The summed E-state index contributed by atoms with van der Waals surface area (Å²) in [5, 5.41) is 16.3. The van der Waals surface area contributed by atoms with Gasteiger partial charge < -0.3 is 9.80 Å². The lowest BCUT2D eigenvalue weighted by Gasteiger charge is -2.34. The second-order valence-electron chi connectivity index (χ2n) is 6.14. The second kappa shape index (κ2) is 8.84. The third-order valence-electron chi connectivity index (χ3n) is 4.36. The molecule has 0 aromatic carbocycles. The molecule has 1 aliphatic heterocycles. The Morgan fingerprint density at radius 3 is 2.50 bits per heavy atom. The molecule has 1 saturated heterocycles. The Kier molecular flexibility index (Phi) is 6.03. The minimum Gasteiger partial charge on any atom is -0.338 e. The van der Waals surface area contributed by atoms with Crippen LogP contribution >= 0.6 is 34.4 Å². The van der Waals surface area contributed by atoms with Gasteiger partial charge in [-0.2, -0.15) is 0 Å². The Morgan fingerprint density at radius 1 is 1.04 bits per heavy atom. The molecule has 3 aromatic heterocycles. The van der Waals surface area contributed by atoms with Gasteiger partial charge in [0.25, 0.3) is 5.91 Å². The predicted molar refractivity (Wildman–Crippen MR) is 109 cm³/mol. The lowest BCUT2D eigenvalue weighted by atomic mass is 10.3. The van der Waals surface area contributed by atoms with Crippen molar-refractivity contribution in [2.24, 2.45) is 0 Å². The van der Waals surface area contributed by atoms with Gasteiger partial charge in [-0.3, -0.25) is 9.59 Å². The third-order valence-corrected chi connectivity index (χ3v) is 7.02. The maximum atomic E-state index is 12.6. The van der Waals surface area contributed by atoms with Gasteiger partial charge in [-0.25, -0.2) is 4.68 Å². The summed E-state index contributed by atoms with van der Waals surface area (Å²) < 4.78 is 1.71. The van der Waals surface area contributed by atoms with Crippen LogP contribution in [-0.2, 0) is 11.3 Å². The molecule has 146 valence electrons. The summed E-state index contributed by atoms with van der Waals surface area (Å²) in [6.45, 7) is 2.82. The largest absolute Gasteiger partial charge is 0.338 e. The monoisotopic (exact) mass is 434 g/mol. The van der Waals surface area contributed by atoms with E-state index in [1.165, 1.54) is 23.1 Å². The van der Waals surface area contributed by atoms with Crippen molar-refractivity contribution in [3.8, 4) is 0 Å². The number of thioether (sulfide) groups is 1. The van der Waals surface area contributed by atoms with E-state index in [1.807, 2.05) is 39.9 Å². The van der Waals surface area contributed by atoms with Crippen molar-refractivity contribution in [2.75, 3.05) is 31.9 Å². The topological polar surface area (TPSA) is 84.2 Å². The molecule has 0 radical (unpaired) electrons. The molecule has 1 fully saturated rings. The summed E-state index contributed by atoms with van der Waals surface area (Å²) in [6.07, 6.45) is 0. The third kappa shape index (κ3) is 4.42. The van der Waals surface area contributed by atoms with Crippen molar-refractivity contribution in [2.45, 2.75) is 11.7 Å². The van der Waals surface area contributed by atoms with Gasteiger partial charge in [0.2, 0.25) is 11.1 Å². The molecule has 0 saturated carbocycles. The SMILES string of the molecule is O=C(CSc1nnnn1Cc1cccs1)N1CCN(C(=O)c2cccs2)CC1. The van der Waals surface area contributed by atoms with E-state index in [-0.39, 0.29) is 17.6 Å². The van der Waals surface area contributed by atoms with E-state index < -0.39 is 0 Å². The van der Waals surface area contributed by atoms with Crippen molar-refractivity contribution in [1.82, 2.24) is 30.0 Å². The number of thiophene rings is 2. The van der Waals surface area contributed by atoms with Crippen LogP contribution in [0.15, 0.2) is 40.2 Å². The Balaban J connectivity index is 1.26. The van der Waals surface area contributed by atoms with Crippen molar-refractivity contribution in [1.29, 1.82) is 0 Å². The zero-order valence-electron chi connectivity index (χ0n) is 14.9. The highest BCUT2D eigenvalue weighted by Crippen LogP contribution is 2.19. The first-order valence-electron chi connectivity index (χ1n) is 8.72. The van der Waals surface area contributed by atoms with E-state index in [1.54, 1.807) is 20.9 Å². The number of aromatic nitrogens is 4. The minimum absolute atomic E-state index is 0.0406. The number of hydrogen-bond donors (Lipinski definition) is 0. The fourth-order valence-corrected chi connectivity index (χ4v) is 5.04. The molecule has 2 amide bonds. The molecule has 0 aliphatic carbocycles. The number of carbonyl (C=O) groups is 2. The molecule has 3 aromatic rings. The molecular weight excluding hydrogens is 416 g/mol. The quantitative estimate of drug-likeness (QED) is 0.551. The maximum Gasteiger partial charge on any atom is 0.264 e. The molecule has 1 aliphatic rings. The van der Waals surface area contributed by atoms with Crippen LogP contribution in [0.2, 0.25) is 0 Å². The van der Waals surface area contributed by atoms with Gasteiger partial charge in [0.05, 0.1) is 17.2 Å². The average molecular weight is 435 g/mol. The molecule has 0 bridgehead atoms. The number of piperazine rings is 1. The van der Waals surface area contributed by atoms with E-state index in [2.05, 4.69) is 15.5 Å². The molecule has 0 atom stereocenters. The number of hydrogen-bond acceptors (Lipinski definition) is 8. The molecule has 0 unspecified atom stereocenters. The molecular formula is C17H18N6O2S3. The van der Waals surface area contributed by atoms with Crippen LogP contribution < -0.4 is 0 Å². The van der Waals surface area contributed by atoms with Crippen molar-refractivity contribution < 1.29 is 9.59 Å². The predicted octanol–water partition coefficient (Wildman–Crippen LogP) is 1.92. The Hall–Kier alpha value is -2.24. The van der Waals surface area contributed by atoms with E-state index >= 15 is 0 Å². The zero-order valence-corrected chi connectivity index (χ0v) is 17.4. The van der Waals surface area contributed by atoms with Gasteiger partial charge in [0.1, 0.15) is 0 Å². The number of rotatable bonds is 6. The Morgan fingerprint density at radius 2 is 1.79 bits per heavy atom. The summed E-state index contributed by atoms with van der Waals surface area (Å²) in [5.74, 6) is 0.368. The van der Waals surface area contributed by atoms with Crippen LogP contribution in [0, 0.1) is 0 Å². The average Bonchev–Trinajstić information content (AvgIpc) is 3.49. The van der Waals surface area contributed by atoms with Crippen LogP contribution in [-0.4, -0.2) is 73.8 Å². The summed E-state index contributed by atoms with van der Waals surface area (Å²) in [5.41, 5.74) is 0. The van der Waals surface area contributed by atoms with Crippen LogP contribution in [0.25, 0.3) is 0 Å². The summed E-state index contributed by atoms with van der Waals surface area (Å²) in [6, 6.07) is 7.73. The number of nitrogens with zero attached hydrogens (tertiary/aromatic N) is 6. The molecule has 4 heterocycles. The Bertz CT molecular complexity index is 917. The van der Waals surface area contributed by atoms with Crippen molar-refractivity contribution in [3.05, 3.63) is 44.8 Å². The van der Waals surface area contributed by atoms with Gasteiger partial charge in [0.15, 0.2) is 0 Å². The fraction of sp³-hybridized carbons (Fsp3) is 0.353. The van der Waals surface area contributed by atoms with Gasteiger partial charge >= 0.3 is 0 Å². The molecule has 4 rings (SSSR count). The normalized spacial score (nSPS) is 14.4. The van der Waals surface area contributed by atoms with Gasteiger partial charge in [-0.15, -0.1) is 27.8 Å². The van der Waals surface area contributed by atoms with Crippen molar-refractivity contribution in [3.63, 3.8) is 0 Å². The van der Waals surface area contributed by atoms with E-state index in [0.717, 1.165) is 9.75 Å². The number of amides is 2.